The minimum atomic E-state index is -0.267. The minimum absolute atomic E-state index is 0.0237. The van der Waals surface area contributed by atoms with Gasteiger partial charge in [0.25, 0.3) is 0 Å². The summed E-state index contributed by atoms with van der Waals surface area (Å²) >= 11 is 6.02. The number of carbonyl (C=O) groups is 2. The second kappa shape index (κ2) is 6.25. The summed E-state index contributed by atoms with van der Waals surface area (Å²) in [5.41, 5.74) is 1.46. The number of hydrogen-bond donors (Lipinski definition) is 1. The molecule has 28 heavy (non-hydrogen) atoms. The fraction of sp³-hybridized carbons (Fsp3) is 0.476. The van der Waals surface area contributed by atoms with Crippen LogP contribution in [0.15, 0.2) is 22.6 Å². The van der Waals surface area contributed by atoms with Crippen molar-refractivity contribution in [3.63, 3.8) is 0 Å². The van der Waals surface area contributed by atoms with Gasteiger partial charge in [-0.3, -0.25) is 9.59 Å². The maximum absolute atomic E-state index is 12.4. The number of likely N-dealkylation sites (tertiary alicyclic amines) is 1. The van der Waals surface area contributed by atoms with Gasteiger partial charge in [-0.1, -0.05) is 23.4 Å². The molecule has 2 amide bonds. The van der Waals surface area contributed by atoms with Gasteiger partial charge in [-0.25, -0.2) is 4.98 Å². The highest BCUT2D eigenvalue weighted by molar-refractivity contribution is 6.31. The van der Waals surface area contributed by atoms with E-state index in [4.69, 9.17) is 16.0 Å². The van der Waals surface area contributed by atoms with E-state index in [-0.39, 0.29) is 41.5 Å². The molecule has 2 aromatic rings. The largest absolute Gasteiger partial charge is 0.440 e. The molecule has 2 fully saturated rings. The van der Waals surface area contributed by atoms with Crippen molar-refractivity contribution in [2.24, 2.45) is 11.3 Å². The third-order valence-corrected chi connectivity index (χ3v) is 6.36. The highest BCUT2D eigenvalue weighted by atomic mass is 35.5. The molecule has 0 unspecified atom stereocenters. The average Bonchev–Trinajstić information content (AvgIpc) is 3.31. The van der Waals surface area contributed by atoms with E-state index < -0.39 is 0 Å². The first kappa shape index (κ1) is 17.6. The SMILES string of the molecule is CN1C[C@@H](C(=O)N[C@H]2C#C[C@]3(C2)C[C@H](c2nc4cc(Cl)ccc4o2)C3)CC1=O. The molecule has 1 saturated heterocycles. The van der Waals surface area contributed by atoms with Gasteiger partial charge < -0.3 is 14.6 Å². The third kappa shape index (κ3) is 2.94. The lowest BCUT2D eigenvalue weighted by atomic mass is 9.61. The first-order chi connectivity index (χ1) is 13.4. The Morgan fingerprint density at radius 2 is 2.21 bits per heavy atom. The van der Waals surface area contributed by atoms with Crippen LogP contribution in [-0.4, -0.2) is 41.3 Å². The quantitative estimate of drug-likeness (QED) is 0.808. The fourth-order valence-electron chi connectivity index (χ4n) is 4.57. The minimum Gasteiger partial charge on any atom is -0.440 e. The summed E-state index contributed by atoms with van der Waals surface area (Å²) in [6, 6.07) is 5.31. The van der Waals surface area contributed by atoms with Gasteiger partial charge in [-0.2, -0.15) is 0 Å². The van der Waals surface area contributed by atoms with Crippen molar-refractivity contribution in [3.8, 4) is 11.8 Å². The van der Waals surface area contributed by atoms with Gasteiger partial charge in [0.2, 0.25) is 11.8 Å². The Labute approximate surface area is 167 Å². The van der Waals surface area contributed by atoms with Crippen LogP contribution in [0.4, 0.5) is 0 Å². The van der Waals surface area contributed by atoms with Crippen LogP contribution in [0, 0.1) is 23.2 Å². The molecule has 144 valence electrons. The van der Waals surface area contributed by atoms with E-state index in [1.165, 1.54) is 0 Å². The normalized spacial score (nSPS) is 31.1. The Hall–Kier alpha value is -2.52. The van der Waals surface area contributed by atoms with Crippen molar-refractivity contribution in [2.45, 2.75) is 37.6 Å². The molecule has 1 aromatic carbocycles. The number of nitrogens with zero attached hydrogens (tertiary/aromatic N) is 2. The van der Waals surface area contributed by atoms with Crippen molar-refractivity contribution in [1.29, 1.82) is 0 Å². The number of carbonyl (C=O) groups excluding carboxylic acids is 2. The molecule has 1 aromatic heterocycles. The third-order valence-electron chi connectivity index (χ3n) is 6.12. The molecule has 1 aliphatic heterocycles. The molecule has 5 rings (SSSR count). The van der Waals surface area contributed by atoms with Crippen LogP contribution < -0.4 is 5.32 Å². The summed E-state index contributed by atoms with van der Waals surface area (Å²) in [5, 5.41) is 3.67. The second-order valence-corrected chi connectivity index (χ2v) is 8.70. The van der Waals surface area contributed by atoms with E-state index in [0.717, 1.165) is 36.3 Å². The van der Waals surface area contributed by atoms with Crippen LogP contribution in [0.3, 0.4) is 0 Å². The zero-order chi connectivity index (χ0) is 19.5. The van der Waals surface area contributed by atoms with Gasteiger partial charge >= 0.3 is 0 Å². The number of nitrogens with one attached hydrogen (secondary N) is 1. The lowest BCUT2D eigenvalue weighted by molar-refractivity contribution is -0.128. The number of benzene rings is 1. The van der Waals surface area contributed by atoms with Gasteiger partial charge in [-0.15, -0.1) is 0 Å². The summed E-state index contributed by atoms with van der Waals surface area (Å²) < 4.78 is 5.88. The second-order valence-electron chi connectivity index (χ2n) is 8.26. The Morgan fingerprint density at radius 1 is 1.39 bits per heavy atom. The van der Waals surface area contributed by atoms with Crippen molar-refractivity contribution >= 4 is 34.5 Å². The van der Waals surface area contributed by atoms with Gasteiger partial charge in [-0.05, 0) is 37.5 Å². The number of rotatable bonds is 3. The van der Waals surface area contributed by atoms with Crippen molar-refractivity contribution in [2.75, 3.05) is 13.6 Å². The summed E-state index contributed by atoms with van der Waals surface area (Å²) in [7, 11) is 1.73. The van der Waals surface area contributed by atoms with Crippen molar-refractivity contribution < 1.29 is 14.0 Å². The molecule has 1 spiro atoms. The predicted octanol–water partition coefficient (Wildman–Crippen LogP) is 2.72. The smallest absolute Gasteiger partial charge is 0.226 e. The Morgan fingerprint density at radius 3 is 2.96 bits per heavy atom. The molecule has 2 atom stereocenters. The highest BCUT2D eigenvalue weighted by Crippen LogP contribution is 2.55. The molecule has 0 bridgehead atoms. The number of amides is 2. The van der Waals surface area contributed by atoms with E-state index in [0.29, 0.717) is 11.6 Å². The zero-order valence-corrected chi connectivity index (χ0v) is 16.3. The first-order valence-corrected chi connectivity index (χ1v) is 9.92. The van der Waals surface area contributed by atoms with Crippen molar-refractivity contribution in [1.82, 2.24) is 15.2 Å². The number of hydrogen-bond acceptors (Lipinski definition) is 4. The molecule has 2 aliphatic carbocycles. The lowest BCUT2D eigenvalue weighted by Crippen LogP contribution is -2.42. The molecule has 3 aliphatic rings. The molecule has 0 radical (unpaired) electrons. The fourth-order valence-corrected chi connectivity index (χ4v) is 4.74. The number of fused-ring (bicyclic) bond motifs is 1. The predicted molar refractivity (Wildman–Crippen MR) is 103 cm³/mol. The Kier molecular flexibility index (Phi) is 3.92. The molecule has 2 heterocycles. The lowest BCUT2D eigenvalue weighted by Gasteiger charge is -2.41. The summed E-state index contributed by atoms with van der Waals surface area (Å²) in [5.74, 6) is 7.20. The Balaban J connectivity index is 1.19. The molecule has 6 nitrogen and oxygen atoms in total. The molecular weight excluding hydrogens is 378 g/mol. The van der Waals surface area contributed by atoms with Crippen LogP contribution in [0.5, 0.6) is 0 Å². The van der Waals surface area contributed by atoms with E-state index in [9.17, 15) is 9.59 Å². The molecule has 1 N–H and O–H groups in total. The number of aromatic nitrogens is 1. The summed E-state index contributed by atoms with van der Waals surface area (Å²) in [6.45, 7) is 0.486. The highest BCUT2D eigenvalue weighted by Gasteiger charge is 2.49. The van der Waals surface area contributed by atoms with Gasteiger partial charge in [0, 0.05) is 36.4 Å². The molecule has 1 saturated carbocycles. The summed E-state index contributed by atoms with van der Waals surface area (Å²) in [6.07, 6.45) is 2.85. The van der Waals surface area contributed by atoms with Gasteiger partial charge in [0.15, 0.2) is 11.5 Å². The topological polar surface area (TPSA) is 75.4 Å². The van der Waals surface area contributed by atoms with Crippen LogP contribution in [0.2, 0.25) is 5.02 Å². The molecule has 7 heteroatoms. The Bertz CT molecular complexity index is 1040. The zero-order valence-electron chi connectivity index (χ0n) is 15.5. The monoisotopic (exact) mass is 397 g/mol. The van der Waals surface area contributed by atoms with E-state index in [2.05, 4.69) is 22.1 Å². The summed E-state index contributed by atoms with van der Waals surface area (Å²) in [4.78, 5) is 30.2. The standard InChI is InChI=1S/C21H20ClN3O3/c1-25-11-12(6-18(25)26)19(27)23-15-4-5-21(10-15)8-13(9-21)20-24-16-7-14(22)2-3-17(16)28-20/h2-3,7,12-13,15H,6,8-11H2,1H3,(H,23,27)/t12-,13-,15-,21-/m0/s1. The first-order valence-electron chi connectivity index (χ1n) is 9.54. The van der Waals surface area contributed by atoms with Crippen LogP contribution in [-0.2, 0) is 9.59 Å². The van der Waals surface area contributed by atoms with Crippen molar-refractivity contribution in [3.05, 3.63) is 29.1 Å². The number of oxazole rings is 1. The van der Waals surface area contributed by atoms with Crippen LogP contribution >= 0.6 is 11.6 Å². The number of halogens is 1. The van der Waals surface area contributed by atoms with Gasteiger partial charge in [0.1, 0.15) is 5.52 Å². The molecular formula is C21H20ClN3O3. The van der Waals surface area contributed by atoms with E-state index >= 15 is 0 Å². The average molecular weight is 398 g/mol. The van der Waals surface area contributed by atoms with E-state index in [1.54, 1.807) is 18.0 Å². The van der Waals surface area contributed by atoms with Gasteiger partial charge in [0.05, 0.1) is 12.0 Å². The maximum Gasteiger partial charge on any atom is 0.226 e. The van der Waals surface area contributed by atoms with Crippen LogP contribution in [0.1, 0.15) is 37.5 Å². The van der Waals surface area contributed by atoms with Crippen LogP contribution in [0.25, 0.3) is 11.1 Å². The van der Waals surface area contributed by atoms with E-state index in [1.807, 2.05) is 12.1 Å². The maximum atomic E-state index is 12.4.